The number of hydrogen-bond acceptors (Lipinski definition) is 2. The minimum absolute atomic E-state index is 0.754. The Labute approximate surface area is 120 Å². The molecule has 0 bridgehead atoms. The van der Waals surface area contributed by atoms with E-state index in [0.717, 1.165) is 36.8 Å². The summed E-state index contributed by atoms with van der Waals surface area (Å²) in [5.41, 5.74) is 0. The first-order chi connectivity index (χ1) is 9.74. The lowest BCUT2D eigenvalue weighted by molar-refractivity contribution is -0.858. The number of para-hydroxylation sites is 1. The van der Waals surface area contributed by atoms with E-state index in [2.05, 4.69) is 14.1 Å². The molecule has 0 aromatic heterocycles. The molecule has 106 valence electrons. The second kappa shape index (κ2) is 7.56. The van der Waals surface area contributed by atoms with E-state index in [9.17, 15) is 0 Å². The standard InChI is InChI=1S/C17H21NO2/c1-18(2)13-6-14-19-15-9-11-17(12-10-15)20-16-7-4-3-5-8-16/h3-5,7-12H,6,13-14H2,1-2H3/p+1. The minimum atomic E-state index is 0.754. The van der Waals surface area contributed by atoms with Crippen molar-refractivity contribution < 1.29 is 14.4 Å². The molecule has 20 heavy (non-hydrogen) atoms. The van der Waals surface area contributed by atoms with Gasteiger partial charge in [0.2, 0.25) is 0 Å². The van der Waals surface area contributed by atoms with E-state index in [4.69, 9.17) is 9.47 Å². The van der Waals surface area contributed by atoms with Gasteiger partial charge in [-0.3, -0.25) is 0 Å². The van der Waals surface area contributed by atoms with E-state index in [1.54, 1.807) is 0 Å². The average molecular weight is 272 g/mol. The lowest BCUT2D eigenvalue weighted by Gasteiger charge is -2.09. The quantitative estimate of drug-likeness (QED) is 0.782. The SMILES string of the molecule is C[NH+](C)CCCOc1ccc(Oc2ccccc2)cc1. The van der Waals surface area contributed by atoms with Gasteiger partial charge in [-0.05, 0) is 36.4 Å². The van der Waals surface area contributed by atoms with Crippen LogP contribution in [0.1, 0.15) is 6.42 Å². The number of hydrogen-bond donors (Lipinski definition) is 1. The second-order valence-corrected chi connectivity index (χ2v) is 5.05. The number of nitrogens with one attached hydrogen (secondary N) is 1. The Kier molecular flexibility index (Phi) is 5.44. The molecule has 3 heteroatoms. The van der Waals surface area contributed by atoms with E-state index in [0.29, 0.717) is 0 Å². The maximum atomic E-state index is 5.73. The van der Waals surface area contributed by atoms with Crippen molar-refractivity contribution in [3.05, 3.63) is 54.6 Å². The van der Waals surface area contributed by atoms with Crippen LogP contribution in [0.3, 0.4) is 0 Å². The molecule has 0 aliphatic rings. The van der Waals surface area contributed by atoms with Crippen LogP contribution in [-0.4, -0.2) is 27.2 Å². The van der Waals surface area contributed by atoms with Gasteiger partial charge in [0.05, 0.1) is 27.2 Å². The van der Waals surface area contributed by atoms with Gasteiger partial charge in [0.25, 0.3) is 0 Å². The van der Waals surface area contributed by atoms with Crippen molar-refractivity contribution >= 4 is 0 Å². The molecule has 0 aliphatic carbocycles. The molecule has 0 saturated heterocycles. The number of rotatable bonds is 7. The molecule has 0 fully saturated rings. The van der Waals surface area contributed by atoms with Crippen molar-refractivity contribution in [3.8, 4) is 17.2 Å². The summed E-state index contributed by atoms with van der Waals surface area (Å²) in [6.07, 6.45) is 1.06. The molecular formula is C17H22NO2+. The van der Waals surface area contributed by atoms with Crippen molar-refractivity contribution in [1.29, 1.82) is 0 Å². The van der Waals surface area contributed by atoms with Crippen LogP contribution in [0.15, 0.2) is 54.6 Å². The topological polar surface area (TPSA) is 22.9 Å². The number of quaternary nitrogens is 1. The lowest BCUT2D eigenvalue weighted by Crippen LogP contribution is -3.05. The van der Waals surface area contributed by atoms with Crippen LogP contribution in [0.5, 0.6) is 17.2 Å². The van der Waals surface area contributed by atoms with Gasteiger partial charge < -0.3 is 14.4 Å². The van der Waals surface area contributed by atoms with Gasteiger partial charge >= 0.3 is 0 Å². The highest BCUT2D eigenvalue weighted by Gasteiger charge is 1.99. The number of benzene rings is 2. The van der Waals surface area contributed by atoms with Gasteiger partial charge in [0, 0.05) is 6.42 Å². The Hall–Kier alpha value is -2.00. The Morgan fingerprint density at radius 2 is 1.40 bits per heavy atom. The third-order valence-corrected chi connectivity index (χ3v) is 2.89. The Bertz CT molecular complexity index is 494. The maximum Gasteiger partial charge on any atom is 0.127 e. The summed E-state index contributed by atoms with van der Waals surface area (Å²) in [4.78, 5) is 1.44. The smallest absolute Gasteiger partial charge is 0.127 e. The fourth-order valence-electron chi connectivity index (χ4n) is 1.84. The molecular weight excluding hydrogens is 250 g/mol. The molecule has 0 saturated carbocycles. The van der Waals surface area contributed by atoms with Crippen molar-refractivity contribution in [2.75, 3.05) is 27.2 Å². The van der Waals surface area contributed by atoms with E-state index in [-0.39, 0.29) is 0 Å². The molecule has 0 aliphatic heterocycles. The molecule has 0 amide bonds. The first kappa shape index (κ1) is 14.4. The molecule has 3 nitrogen and oxygen atoms in total. The summed E-state index contributed by atoms with van der Waals surface area (Å²) in [5, 5.41) is 0. The zero-order valence-electron chi connectivity index (χ0n) is 12.1. The van der Waals surface area contributed by atoms with Crippen LogP contribution in [0.2, 0.25) is 0 Å². The molecule has 0 unspecified atom stereocenters. The monoisotopic (exact) mass is 272 g/mol. The van der Waals surface area contributed by atoms with Gasteiger partial charge in [-0.15, -0.1) is 0 Å². The first-order valence-electron chi connectivity index (χ1n) is 6.99. The Balaban J connectivity index is 1.81. The molecule has 1 N–H and O–H groups in total. The minimum Gasteiger partial charge on any atom is -0.493 e. The highest BCUT2D eigenvalue weighted by atomic mass is 16.5. The highest BCUT2D eigenvalue weighted by Crippen LogP contribution is 2.23. The van der Waals surface area contributed by atoms with Gasteiger partial charge in [-0.25, -0.2) is 0 Å². The van der Waals surface area contributed by atoms with Gasteiger partial charge in [-0.2, -0.15) is 0 Å². The first-order valence-corrected chi connectivity index (χ1v) is 6.99. The molecule has 0 heterocycles. The van der Waals surface area contributed by atoms with E-state index >= 15 is 0 Å². The largest absolute Gasteiger partial charge is 0.493 e. The fourth-order valence-corrected chi connectivity index (χ4v) is 1.84. The van der Waals surface area contributed by atoms with Crippen molar-refractivity contribution in [1.82, 2.24) is 0 Å². The predicted octanol–water partition coefficient (Wildman–Crippen LogP) is 2.39. The summed E-state index contributed by atoms with van der Waals surface area (Å²) < 4.78 is 11.4. The summed E-state index contributed by atoms with van der Waals surface area (Å²) in [6.45, 7) is 1.87. The van der Waals surface area contributed by atoms with Gasteiger partial charge in [0.1, 0.15) is 17.2 Å². The molecule has 2 aromatic rings. The zero-order chi connectivity index (χ0) is 14.2. The highest BCUT2D eigenvalue weighted by molar-refractivity contribution is 5.35. The summed E-state index contributed by atoms with van der Waals surface area (Å²) in [6, 6.07) is 17.5. The summed E-state index contributed by atoms with van der Waals surface area (Å²) in [5.74, 6) is 2.55. The molecule has 0 spiro atoms. The molecule has 0 radical (unpaired) electrons. The average Bonchev–Trinajstić information content (AvgIpc) is 2.46. The van der Waals surface area contributed by atoms with Gasteiger partial charge in [-0.1, -0.05) is 18.2 Å². The van der Waals surface area contributed by atoms with Crippen LogP contribution >= 0.6 is 0 Å². The van der Waals surface area contributed by atoms with Crippen molar-refractivity contribution in [2.24, 2.45) is 0 Å². The normalized spacial score (nSPS) is 10.6. The third kappa shape index (κ3) is 4.94. The van der Waals surface area contributed by atoms with Crippen LogP contribution < -0.4 is 14.4 Å². The van der Waals surface area contributed by atoms with E-state index in [1.807, 2.05) is 54.6 Å². The second-order valence-electron chi connectivity index (χ2n) is 5.05. The van der Waals surface area contributed by atoms with Crippen molar-refractivity contribution in [3.63, 3.8) is 0 Å². The lowest BCUT2D eigenvalue weighted by atomic mass is 10.3. The maximum absolute atomic E-state index is 5.73. The summed E-state index contributed by atoms with van der Waals surface area (Å²) >= 11 is 0. The van der Waals surface area contributed by atoms with Crippen LogP contribution in [0.25, 0.3) is 0 Å². The fraction of sp³-hybridized carbons (Fsp3) is 0.294. The van der Waals surface area contributed by atoms with Crippen molar-refractivity contribution in [2.45, 2.75) is 6.42 Å². The van der Waals surface area contributed by atoms with Gasteiger partial charge in [0.15, 0.2) is 0 Å². The van der Waals surface area contributed by atoms with Crippen LogP contribution in [0.4, 0.5) is 0 Å². The number of ether oxygens (including phenoxy) is 2. The Morgan fingerprint density at radius 3 is 2.05 bits per heavy atom. The van der Waals surface area contributed by atoms with E-state index in [1.165, 1.54) is 4.90 Å². The third-order valence-electron chi connectivity index (χ3n) is 2.89. The van der Waals surface area contributed by atoms with Crippen LogP contribution in [-0.2, 0) is 0 Å². The molecule has 2 rings (SSSR count). The zero-order valence-corrected chi connectivity index (χ0v) is 12.1. The van der Waals surface area contributed by atoms with Crippen LogP contribution in [0, 0.1) is 0 Å². The molecule has 2 aromatic carbocycles. The molecule has 0 atom stereocenters. The summed E-state index contributed by atoms with van der Waals surface area (Å²) in [7, 11) is 4.30. The Morgan fingerprint density at radius 1 is 0.800 bits per heavy atom. The predicted molar refractivity (Wildman–Crippen MR) is 80.7 cm³/mol. The van der Waals surface area contributed by atoms with E-state index < -0.39 is 0 Å².